The van der Waals surface area contributed by atoms with Gasteiger partial charge < -0.3 is 4.52 Å². The molecule has 0 aliphatic carbocycles. The molecule has 4 aromatic rings. The van der Waals surface area contributed by atoms with Gasteiger partial charge in [-0.1, -0.05) is 61.1 Å². The standard InChI is InChI=1S/C23H24N4O2S/c1-13(2)20-25-21(29-26-20)16(5)30-23-24-18-12-7-6-11-17(18)22(28)27(23)19-14(3)9-8-10-15(19)4/h6-13,16H,1-5H3. The van der Waals surface area contributed by atoms with Crippen molar-refractivity contribution < 1.29 is 4.52 Å². The number of aryl methyl sites for hydroxylation is 2. The average molecular weight is 421 g/mol. The fourth-order valence-corrected chi connectivity index (χ4v) is 4.35. The Labute approximate surface area is 179 Å². The molecule has 0 fully saturated rings. The number of thioether (sulfide) groups is 1. The molecular weight excluding hydrogens is 396 g/mol. The smallest absolute Gasteiger partial charge is 0.266 e. The Balaban J connectivity index is 1.89. The van der Waals surface area contributed by atoms with Gasteiger partial charge in [0.05, 0.1) is 21.8 Å². The van der Waals surface area contributed by atoms with E-state index in [1.165, 1.54) is 11.8 Å². The van der Waals surface area contributed by atoms with Crippen LogP contribution in [0.2, 0.25) is 0 Å². The highest BCUT2D eigenvalue weighted by atomic mass is 32.2. The summed E-state index contributed by atoms with van der Waals surface area (Å²) in [5.74, 6) is 1.39. The lowest BCUT2D eigenvalue weighted by atomic mass is 10.1. The first-order valence-corrected chi connectivity index (χ1v) is 10.8. The summed E-state index contributed by atoms with van der Waals surface area (Å²) in [6, 6.07) is 13.5. The van der Waals surface area contributed by atoms with Crippen molar-refractivity contribution in [3.8, 4) is 5.69 Å². The molecule has 0 aliphatic rings. The molecule has 1 atom stereocenters. The van der Waals surface area contributed by atoms with Crippen molar-refractivity contribution >= 4 is 22.7 Å². The summed E-state index contributed by atoms with van der Waals surface area (Å²) in [5.41, 5.74) is 3.49. The lowest BCUT2D eigenvalue weighted by Crippen LogP contribution is -2.23. The summed E-state index contributed by atoms with van der Waals surface area (Å²) in [5, 5.41) is 5.11. The Hall–Kier alpha value is -2.93. The van der Waals surface area contributed by atoms with Gasteiger partial charge in [0.15, 0.2) is 11.0 Å². The third-order valence-corrected chi connectivity index (χ3v) is 6.05. The van der Waals surface area contributed by atoms with Gasteiger partial charge in [-0.05, 0) is 44.0 Å². The summed E-state index contributed by atoms with van der Waals surface area (Å²) in [6.07, 6.45) is 0. The number of nitrogens with zero attached hydrogens (tertiary/aromatic N) is 4. The first kappa shape index (κ1) is 20.3. The third-order valence-electron chi connectivity index (χ3n) is 5.01. The van der Waals surface area contributed by atoms with Gasteiger partial charge in [-0.2, -0.15) is 4.98 Å². The van der Waals surface area contributed by atoms with Crippen molar-refractivity contribution in [2.45, 2.75) is 50.9 Å². The molecule has 2 aromatic carbocycles. The number of aromatic nitrogens is 4. The number of benzene rings is 2. The van der Waals surface area contributed by atoms with E-state index in [4.69, 9.17) is 9.51 Å². The van der Waals surface area contributed by atoms with Gasteiger partial charge in [-0.25, -0.2) is 4.98 Å². The van der Waals surface area contributed by atoms with Crippen LogP contribution < -0.4 is 5.56 Å². The third kappa shape index (κ3) is 3.65. The lowest BCUT2D eigenvalue weighted by Gasteiger charge is -2.18. The van der Waals surface area contributed by atoms with Gasteiger partial charge in [0.1, 0.15) is 0 Å². The van der Waals surface area contributed by atoms with Crippen LogP contribution >= 0.6 is 11.8 Å². The summed E-state index contributed by atoms with van der Waals surface area (Å²) in [4.78, 5) is 22.9. The summed E-state index contributed by atoms with van der Waals surface area (Å²) in [7, 11) is 0. The summed E-state index contributed by atoms with van der Waals surface area (Å²) < 4.78 is 7.19. The van der Waals surface area contributed by atoms with E-state index in [0.29, 0.717) is 27.8 Å². The van der Waals surface area contributed by atoms with Crippen LogP contribution in [0.15, 0.2) is 56.9 Å². The van der Waals surface area contributed by atoms with E-state index in [2.05, 4.69) is 10.1 Å². The quantitative estimate of drug-likeness (QED) is 0.319. The average Bonchev–Trinajstić information content (AvgIpc) is 3.21. The number of fused-ring (bicyclic) bond motifs is 1. The topological polar surface area (TPSA) is 73.8 Å². The number of rotatable bonds is 5. The van der Waals surface area contributed by atoms with E-state index < -0.39 is 0 Å². The minimum atomic E-state index is -0.159. The first-order chi connectivity index (χ1) is 14.4. The predicted octanol–water partition coefficient (Wildman–Crippen LogP) is 5.36. The fraction of sp³-hybridized carbons (Fsp3) is 0.304. The monoisotopic (exact) mass is 420 g/mol. The van der Waals surface area contributed by atoms with Crippen molar-refractivity contribution in [2.75, 3.05) is 0 Å². The van der Waals surface area contributed by atoms with Crippen molar-refractivity contribution in [2.24, 2.45) is 0 Å². The van der Waals surface area contributed by atoms with Crippen LogP contribution in [0.1, 0.15) is 54.8 Å². The molecule has 154 valence electrons. The molecule has 0 N–H and O–H groups in total. The molecule has 1 unspecified atom stereocenters. The second-order valence-electron chi connectivity index (χ2n) is 7.70. The van der Waals surface area contributed by atoms with Crippen LogP contribution in [-0.2, 0) is 0 Å². The maximum absolute atomic E-state index is 13.5. The Kier molecular flexibility index (Phi) is 5.47. The van der Waals surface area contributed by atoms with Crippen LogP contribution in [0.4, 0.5) is 0 Å². The van der Waals surface area contributed by atoms with Crippen LogP contribution in [0.3, 0.4) is 0 Å². The highest BCUT2D eigenvalue weighted by molar-refractivity contribution is 7.99. The molecule has 7 heteroatoms. The minimum absolute atomic E-state index is 0.0823. The first-order valence-electron chi connectivity index (χ1n) is 9.95. The molecule has 0 bridgehead atoms. The van der Waals surface area contributed by atoms with Crippen LogP contribution in [0.25, 0.3) is 16.6 Å². The van der Waals surface area contributed by atoms with E-state index in [-0.39, 0.29) is 16.7 Å². The van der Waals surface area contributed by atoms with E-state index in [1.54, 1.807) is 4.57 Å². The van der Waals surface area contributed by atoms with Gasteiger partial charge >= 0.3 is 0 Å². The van der Waals surface area contributed by atoms with E-state index in [9.17, 15) is 4.79 Å². The Morgan fingerprint density at radius 1 is 0.967 bits per heavy atom. The SMILES string of the molecule is Cc1cccc(C)c1-n1c(SC(C)c2nc(C(C)C)no2)nc2ccccc2c1=O. The Morgan fingerprint density at radius 2 is 1.67 bits per heavy atom. The van der Waals surface area contributed by atoms with Gasteiger partial charge in [-0.3, -0.25) is 9.36 Å². The maximum atomic E-state index is 13.5. The molecule has 0 spiro atoms. The zero-order valence-corrected chi connectivity index (χ0v) is 18.5. The molecule has 0 radical (unpaired) electrons. The molecule has 2 heterocycles. The molecule has 2 aromatic heterocycles. The van der Waals surface area contributed by atoms with Gasteiger partial charge in [0.2, 0.25) is 5.89 Å². The second-order valence-corrected chi connectivity index (χ2v) is 9.01. The molecular formula is C23H24N4O2S. The lowest BCUT2D eigenvalue weighted by molar-refractivity contribution is 0.373. The number of para-hydroxylation sites is 2. The van der Waals surface area contributed by atoms with E-state index in [0.717, 1.165) is 16.8 Å². The summed E-state index contributed by atoms with van der Waals surface area (Å²) in [6.45, 7) is 10.0. The normalized spacial score (nSPS) is 12.6. The molecule has 6 nitrogen and oxygen atoms in total. The molecule has 4 rings (SSSR count). The van der Waals surface area contributed by atoms with E-state index >= 15 is 0 Å². The van der Waals surface area contributed by atoms with Crippen molar-refractivity contribution in [1.82, 2.24) is 19.7 Å². The number of hydrogen-bond acceptors (Lipinski definition) is 6. The van der Waals surface area contributed by atoms with Crippen LogP contribution in [0.5, 0.6) is 0 Å². The highest BCUT2D eigenvalue weighted by Crippen LogP contribution is 2.35. The highest BCUT2D eigenvalue weighted by Gasteiger charge is 2.22. The summed E-state index contributed by atoms with van der Waals surface area (Å²) >= 11 is 1.45. The Morgan fingerprint density at radius 3 is 2.33 bits per heavy atom. The molecule has 0 saturated heterocycles. The zero-order valence-electron chi connectivity index (χ0n) is 17.7. The van der Waals surface area contributed by atoms with Crippen molar-refractivity contribution in [3.63, 3.8) is 0 Å². The fourth-order valence-electron chi connectivity index (χ4n) is 3.40. The van der Waals surface area contributed by atoms with Gasteiger partial charge in [-0.15, -0.1) is 0 Å². The number of hydrogen-bond donors (Lipinski definition) is 0. The van der Waals surface area contributed by atoms with E-state index in [1.807, 2.05) is 77.1 Å². The van der Waals surface area contributed by atoms with Gasteiger partial charge in [0, 0.05) is 5.92 Å². The Bertz CT molecular complexity index is 1260. The molecule has 0 saturated carbocycles. The van der Waals surface area contributed by atoms with Crippen molar-refractivity contribution in [3.05, 3.63) is 75.7 Å². The van der Waals surface area contributed by atoms with Gasteiger partial charge in [0.25, 0.3) is 5.56 Å². The zero-order chi connectivity index (χ0) is 21.4. The van der Waals surface area contributed by atoms with Crippen LogP contribution in [-0.4, -0.2) is 19.7 Å². The maximum Gasteiger partial charge on any atom is 0.266 e. The molecule has 0 amide bonds. The predicted molar refractivity (Wildman–Crippen MR) is 119 cm³/mol. The minimum Gasteiger partial charge on any atom is -0.338 e. The van der Waals surface area contributed by atoms with Crippen LogP contribution in [0, 0.1) is 13.8 Å². The second kappa shape index (κ2) is 8.07. The molecule has 0 aliphatic heterocycles. The largest absolute Gasteiger partial charge is 0.338 e. The van der Waals surface area contributed by atoms with Crippen molar-refractivity contribution in [1.29, 1.82) is 0 Å². The molecule has 30 heavy (non-hydrogen) atoms.